The number of amides is 3. The number of primary amides is 1. The van der Waals surface area contributed by atoms with Gasteiger partial charge in [-0.3, -0.25) is 4.79 Å². The molecule has 7 nitrogen and oxygen atoms in total. The lowest BCUT2D eigenvalue weighted by Gasteiger charge is -2.06. The minimum Gasteiger partial charge on any atom is -0.352 e. The van der Waals surface area contributed by atoms with Crippen LogP contribution in [0, 0.1) is 0 Å². The molecule has 1 aromatic heterocycles. The van der Waals surface area contributed by atoms with E-state index in [9.17, 15) is 9.59 Å². The van der Waals surface area contributed by atoms with Gasteiger partial charge in [0.25, 0.3) is 5.91 Å². The van der Waals surface area contributed by atoms with Crippen LogP contribution in [0.1, 0.15) is 10.4 Å². The Hall–Kier alpha value is -1.60. The molecule has 9 heteroatoms. The summed E-state index contributed by atoms with van der Waals surface area (Å²) < 4.78 is 0. The Bertz CT molecular complexity index is 440. The van der Waals surface area contributed by atoms with Gasteiger partial charge >= 0.3 is 6.03 Å². The summed E-state index contributed by atoms with van der Waals surface area (Å²) >= 11 is 11.2. The molecule has 0 atom stereocenters. The van der Waals surface area contributed by atoms with Crippen molar-refractivity contribution < 1.29 is 9.59 Å². The third-order valence-corrected chi connectivity index (χ3v) is 2.14. The van der Waals surface area contributed by atoms with Gasteiger partial charge in [0.05, 0.1) is 5.56 Å². The van der Waals surface area contributed by atoms with Crippen LogP contribution in [0.25, 0.3) is 0 Å². The highest BCUT2D eigenvalue weighted by atomic mass is 35.5. The Morgan fingerprint density at radius 2 is 1.88 bits per heavy atom. The fraction of sp³-hybridized carbons (Fsp3) is 0.250. The minimum atomic E-state index is -0.661. The van der Waals surface area contributed by atoms with Gasteiger partial charge in [0, 0.05) is 13.1 Å². The molecular formula is C8H9Cl2N5O2. The smallest absolute Gasteiger partial charge is 0.312 e. The summed E-state index contributed by atoms with van der Waals surface area (Å²) in [5.74, 6) is -0.460. The maximum Gasteiger partial charge on any atom is 0.312 e. The van der Waals surface area contributed by atoms with Gasteiger partial charge in [-0.1, -0.05) is 23.2 Å². The number of halogens is 2. The number of nitrogens with one attached hydrogen (secondary N) is 2. The summed E-state index contributed by atoms with van der Waals surface area (Å²) in [6.45, 7) is 0.420. The summed E-state index contributed by atoms with van der Waals surface area (Å²) in [6.07, 6.45) is 0. The maximum absolute atomic E-state index is 11.6. The van der Waals surface area contributed by atoms with Crippen molar-refractivity contribution in [3.8, 4) is 0 Å². The predicted molar refractivity (Wildman–Crippen MR) is 62.0 cm³/mol. The summed E-state index contributed by atoms with van der Waals surface area (Å²) in [6, 6.07) is 0.638. The van der Waals surface area contributed by atoms with Crippen molar-refractivity contribution in [3.63, 3.8) is 0 Å². The SMILES string of the molecule is NC(=O)NCCNC(=O)c1cc(Cl)nnc1Cl. The average Bonchev–Trinajstić information content (AvgIpc) is 2.27. The molecular weight excluding hydrogens is 269 g/mol. The molecule has 0 radical (unpaired) electrons. The van der Waals surface area contributed by atoms with Gasteiger partial charge in [-0.05, 0) is 6.07 Å². The third kappa shape index (κ3) is 4.41. The number of aromatic nitrogens is 2. The monoisotopic (exact) mass is 277 g/mol. The highest BCUT2D eigenvalue weighted by Gasteiger charge is 2.12. The zero-order chi connectivity index (χ0) is 12.8. The van der Waals surface area contributed by atoms with Crippen molar-refractivity contribution in [2.24, 2.45) is 5.73 Å². The van der Waals surface area contributed by atoms with Crippen LogP contribution in [0.2, 0.25) is 10.3 Å². The lowest BCUT2D eigenvalue weighted by Crippen LogP contribution is -2.37. The van der Waals surface area contributed by atoms with Crippen molar-refractivity contribution in [1.29, 1.82) is 0 Å². The first-order valence-electron chi connectivity index (χ1n) is 4.51. The number of nitrogens with zero attached hydrogens (tertiary/aromatic N) is 2. The molecule has 17 heavy (non-hydrogen) atoms. The minimum absolute atomic E-state index is 0.0465. The molecule has 92 valence electrons. The van der Waals surface area contributed by atoms with Crippen LogP contribution in [-0.2, 0) is 0 Å². The maximum atomic E-state index is 11.6. The second-order valence-corrected chi connectivity index (χ2v) is 3.66. The zero-order valence-electron chi connectivity index (χ0n) is 8.54. The lowest BCUT2D eigenvalue weighted by atomic mass is 10.3. The van der Waals surface area contributed by atoms with E-state index in [1.165, 1.54) is 6.07 Å². The Morgan fingerprint density at radius 3 is 2.53 bits per heavy atom. The van der Waals surface area contributed by atoms with Crippen LogP contribution in [0.5, 0.6) is 0 Å². The Balaban J connectivity index is 2.52. The van der Waals surface area contributed by atoms with Gasteiger partial charge in [-0.25, -0.2) is 4.79 Å². The molecule has 0 saturated carbocycles. The topological polar surface area (TPSA) is 110 Å². The number of urea groups is 1. The standard InChI is InChI=1S/C8H9Cl2N5O2/c9-5-3-4(6(10)15-14-5)7(16)12-1-2-13-8(11)17/h3H,1-2H2,(H,12,16)(H3,11,13,17). The van der Waals surface area contributed by atoms with E-state index < -0.39 is 11.9 Å². The van der Waals surface area contributed by atoms with E-state index in [1.807, 2.05) is 0 Å². The molecule has 0 fully saturated rings. The second-order valence-electron chi connectivity index (χ2n) is 2.92. The first kappa shape index (κ1) is 13.5. The zero-order valence-corrected chi connectivity index (χ0v) is 10.0. The van der Waals surface area contributed by atoms with E-state index in [2.05, 4.69) is 20.8 Å². The number of hydrogen-bond acceptors (Lipinski definition) is 4. The summed E-state index contributed by atoms with van der Waals surface area (Å²) in [5.41, 5.74) is 4.96. The lowest BCUT2D eigenvalue weighted by molar-refractivity contribution is 0.0953. The van der Waals surface area contributed by atoms with Gasteiger partial charge < -0.3 is 16.4 Å². The molecule has 3 amide bonds. The van der Waals surface area contributed by atoms with Crippen LogP contribution in [-0.4, -0.2) is 35.2 Å². The van der Waals surface area contributed by atoms with Crippen molar-refractivity contribution in [3.05, 3.63) is 21.9 Å². The van der Waals surface area contributed by atoms with E-state index >= 15 is 0 Å². The number of nitrogens with two attached hydrogens (primary N) is 1. The molecule has 0 spiro atoms. The highest BCUT2D eigenvalue weighted by molar-refractivity contribution is 6.34. The van der Waals surface area contributed by atoms with E-state index in [4.69, 9.17) is 28.9 Å². The number of carbonyl (C=O) groups is 2. The van der Waals surface area contributed by atoms with E-state index in [0.717, 1.165) is 0 Å². The third-order valence-electron chi connectivity index (χ3n) is 1.67. The van der Waals surface area contributed by atoms with E-state index in [-0.39, 0.29) is 29.0 Å². The highest BCUT2D eigenvalue weighted by Crippen LogP contribution is 2.14. The Morgan fingerprint density at radius 1 is 1.24 bits per heavy atom. The predicted octanol–water partition coefficient (Wildman–Crippen LogP) is 0.182. The first-order valence-corrected chi connectivity index (χ1v) is 5.26. The van der Waals surface area contributed by atoms with Crippen LogP contribution in [0.4, 0.5) is 4.79 Å². The largest absolute Gasteiger partial charge is 0.352 e. The molecule has 0 bridgehead atoms. The molecule has 0 aliphatic heterocycles. The molecule has 0 aliphatic carbocycles. The van der Waals surface area contributed by atoms with Crippen LogP contribution < -0.4 is 16.4 Å². The van der Waals surface area contributed by atoms with Crippen LogP contribution in [0.15, 0.2) is 6.07 Å². The fourth-order valence-electron chi connectivity index (χ4n) is 0.969. The molecule has 4 N–H and O–H groups in total. The summed E-state index contributed by atoms with van der Waals surface area (Å²) in [4.78, 5) is 22.0. The molecule has 1 heterocycles. The van der Waals surface area contributed by atoms with Gasteiger partial charge in [-0.2, -0.15) is 0 Å². The molecule has 0 saturated heterocycles. The van der Waals surface area contributed by atoms with Crippen molar-refractivity contribution in [1.82, 2.24) is 20.8 Å². The van der Waals surface area contributed by atoms with Gasteiger partial charge in [0.1, 0.15) is 0 Å². The Kier molecular flexibility index (Phi) is 4.92. The van der Waals surface area contributed by atoms with E-state index in [0.29, 0.717) is 0 Å². The molecule has 1 aromatic rings. The number of carbonyl (C=O) groups excluding carboxylic acids is 2. The quantitative estimate of drug-likeness (QED) is 0.682. The van der Waals surface area contributed by atoms with Gasteiger partial charge in [-0.15, -0.1) is 10.2 Å². The summed E-state index contributed by atoms with van der Waals surface area (Å²) in [5, 5.41) is 11.8. The van der Waals surface area contributed by atoms with Gasteiger partial charge in [0.15, 0.2) is 10.3 Å². The molecule has 1 rings (SSSR count). The summed E-state index contributed by atoms with van der Waals surface area (Å²) in [7, 11) is 0. The van der Waals surface area contributed by atoms with Crippen LogP contribution >= 0.6 is 23.2 Å². The normalized spacial score (nSPS) is 9.76. The molecule has 0 aromatic carbocycles. The van der Waals surface area contributed by atoms with Crippen LogP contribution in [0.3, 0.4) is 0 Å². The fourth-order valence-corrected chi connectivity index (χ4v) is 1.29. The molecule has 0 unspecified atom stereocenters. The van der Waals surface area contributed by atoms with Crippen molar-refractivity contribution in [2.45, 2.75) is 0 Å². The number of hydrogen-bond donors (Lipinski definition) is 3. The van der Waals surface area contributed by atoms with E-state index in [1.54, 1.807) is 0 Å². The Labute approximate surface area is 107 Å². The van der Waals surface area contributed by atoms with Gasteiger partial charge in [0.2, 0.25) is 0 Å². The molecule has 0 aliphatic rings. The second kappa shape index (κ2) is 6.21. The average molecular weight is 278 g/mol. The number of rotatable bonds is 4. The van der Waals surface area contributed by atoms with Crippen molar-refractivity contribution in [2.75, 3.05) is 13.1 Å². The first-order chi connectivity index (χ1) is 8.00. The van der Waals surface area contributed by atoms with Crippen molar-refractivity contribution >= 4 is 35.1 Å².